The second-order valence-corrected chi connectivity index (χ2v) is 10.1. The van der Waals surface area contributed by atoms with Gasteiger partial charge in [0.15, 0.2) is 0 Å². The van der Waals surface area contributed by atoms with Crippen LogP contribution in [0.15, 0.2) is 30.3 Å². The molecule has 1 aromatic carbocycles. The van der Waals surface area contributed by atoms with Crippen LogP contribution in [-0.2, 0) is 19.8 Å². The quantitative estimate of drug-likeness (QED) is 0.741. The van der Waals surface area contributed by atoms with Gasteiger partial charge >= 0.3 is 6.09 Å². The summed E-state index contributed by atoms with van der Waals surface area (Å²) in [5.74, 6) is -0.478. The summed E-state index contributed by atoms with van der Waals surface area (Å²) >= 11 is 0. The topological polar surface area (TPSA) is 59.1 Å². The molecule has 1 saturated heterocycles. The Hall–Kier alpha value is -1.92. The Morgan fingerprint density at radius 3 is 2.23 bits per heavy atom. The Balaban J connectivity index is 1.86. The highest BCUT2D eigenvalue weighted by atomic mass is 16.6. The van der Waals surface area contributed by atoms with Gasteiger partial charge in [0.25, 0.3) is 0 Å². The Kier molecular flexibility index (Phi) is 6.30. The third-order valence-corrected chi connectivity index (χ3v) is 6.96. The third kappa shape index (κ3) is 4.12. The molecule has 1 aliphatic heterocycles. The van der Waals surface area contributed by atoms with Gasteiger partial charge in [0, 0.05) is 24.6 Å². The number of nitrogens with zero attached hydrogens (tertiary/aromatic N) is 2. The Labute approximate surface area is 180 Å². The minimum absolute atomic E-state index is 0.0630. The number of rotatable bonds is 4. The van der Waals surface area contributed by atoms with Crippen LogP contribution in [0, 0.1) is 11.3 Å². The van der Waals surface area contributed by atoms with Gasteiger partial charge in [-0.05, 0) is 66.1 Å². The molecule has 1 unspecified atom stereocenters. The van der Waals surface area contributed by atoms with Crippen molar-refractivity contribution in [3.8, 4) is 0 Å². The molecule has 1 aromatic rings. The lowest BCUT2D eigenvalue weighted by molar-refractivity contribution is -0.133. The van der Waals surface area contributed by atoms with Crippen molar-refractivity contribution in [2.75, 3.05) is 34.4 Å². The average molecular weight is 417 g/mol. The Morgan fingerprint density at radius 2 is 1.73 bits per heavy atom. The van der Waals surface area contributed by atoms with Crippen molar-refractivity contribution in [1.29, 1.82) is 0 Å². The van der Waals surface area contributed by atoms with Gasteiger partial charge in [0.2, 0.25) is 5.91 Å². The summed E-state index contributed by atoms with van der Waals surface area (Å²) in [6.45, 7) is 6.20. The second kappa shape index (κ2) is 8.31. The fourth-order valence-electron chi connectivity index (χ4n) is 5.25. The number of hydrogen-bond acceptors (Lipinski definition) is 5. The lowest BCUT2D eigenvalue weighted by atomic mass is 9.61. The summed E-state index contributed by atoms with van der Waals surface area (Å²) in [4.78, 5) is 29.6. The van der Waals surface area contributed by atoms with Gasteiger partial charge < -0.3 is 9.47 Å². The number of imide groups is 1. The molecule has 3 rings (SSSR count). The number of benzene rings is 1. The maximum Gasteiger partial charge on any atom is 0.417 e. The second-order valence-electron chi connectivity index (χ2n) is 10.1. The van der Waals surface area contributed by atoms with Crippen LogP contribution in [0.3, 0.4) is 0 Å². The molecule has 2 aliphatic rings. The van der Waals surface area contributed by atoms with Gasteiger partial charge in [-0.15, -0.1) is 0 Å². The van der Waals surface area contributed by atoms with E-state index in [1.165, 1.54) is 10.5 Å². The van der Waals surface area contributed by atoms with E-state index in [2.05, 4.69) is 43.3 Å². The summed E-state index contributed by atoms with van der Waals surface area (Å²) in [6.07, 6.45) is 3.04. The zero-order valence-corrected chi connectivity index (χ0v) is 19.2. The third-order valence-electron chi connectivity index (χ3n) is 6.96. The van der Waals surface area contributed by atoms with Gasteiger partial charge in [-0.3, -0.25) is 9.69 Å². The highest BCUT2D eigenvalue weighted by Gasteiger charge is 2.57. The zero-order valence-electron chi connectivity index (χ0n) is 19.2. The lowest BCUT2D eigenvalue weighted by Gasteiger charge is -2.50. The molecule has 6 nitrogen and oxygen atoms in total. The number of carbonyl (C=O) groups excluding carboxylic acids is 2. The van der Waals surface area contributed by atoms with Crippen LogP contribution < -0.4 is 0 Å². The molecule has 1 atom stereocenters. The van der Waals surface area contributed by atoms with Crippen LogP contribution in [0.25, 0.3) is 0 Å². The molecule has 2 fully saturated rings. The van der Waals surface area contributed by atoms with Crippen LogP contribution in [0.1, 0.15) is 52.0 Å². The van der Waals surface area contributed by atoms with Crippen LogP contribution in [0.2, 0.25) is 0 Å². The van der Waals surface area contributed by atoms with Crippen molar-refractivity contribution in [1.82, 2.24) is 9.80 Å². The van der Waals surface area contributed by atoms with Crippen molar-refractivity contribution < 1.29 is 19.1 Å². The zero-order chi connectivity index (χ0) is 22.2. The maximum absolute atomic E-state index is 13.2. The Morgan fingerprint density at radius 1 is 1.13 bits per heavy atom. The largest absolute Gasteiger partial charge is 0.443 e. The highest BCUT2D eigenvalue weighted by molar-refractivity contribution is 5.96. The van der Waals surface area contributed by atoms with Gasteiger partial charge in [-0.2, -0.15) is 0 Å². The van der Waals surface area contributed by atoms with Crippen LogP contribution in [-0.4, -0.2) is 61.8 Å². The van der Waals surface area contributed by atoms with Gasteiger partial charge in [0.05, 0.1) is 12.5 Å². The van der Waals surface area contributed by atoms with E-state index in [9.17, 15) is 9.59 Å². The van der Waals surface area contributed by atoms with E-state index in [1.807, 2.05) is 26.8 Å². The van der Waals surface area contributed by atoms with Crippen LogP contribution in [0.4, 0.5) is 4.79 Å². The smallest absolute Gasteiger partial charge is 0.417 e. The highest BCUT2D eigenvalue weighted by Crippen LogP contribution is 2.54. The molecule has 0 N–H and O–H groups in total. The molecule has 0 aromatic heterocycles. The average Bonchev–Trinajstić information content (AvgIpc) is 2.95. The molecule has 30 heavy (non-hydrogen) atoms. The lowest BCUT2D eigenvalue weighted by Crippen LogP contribution is -2.49. The summed E-state index contributed by atoms with van der Waals surface area (Å²) in [5.41, 5.74) is 0.343. The van der Waals surface area contributed by atoms with Crippen molar-refractivity contribution in [2.24, 2.45) is 11.3 Å². The van der Waals surface area contributed by atoms with E-state index >= 15 is 0 Å². The molecular weight excluding hydrogens is 380 g/mol. The first-order valence-corrected chi connectivity index (χ1v) is 10.8. The molecule has 1 spiro atoms. The monoisotopic (exact) mass is 416 g/mol. The number of carbonyl (C=O) groups is 2. The number of methoxy groups -OCH3 is 1. The normalized spacial score (nSPS) is 29.6. The van der Waals surface area contributed by atoms with Gasteiger partial charge in [0.1, 0.15) is 5.60 Å². The number of likely N-dealkylation sites (tertiary alicyclic amines) is 1. The predicted molar refractivity (Wildman–Crippen MR) is 116 cm³/mol. The van der Waals surface area contributed by atoms with Crippen molar-refractivity contribution >= 4 is 12.0 Å². The predicted octanol–water partition coefficient (Wildman–Crippen LogP) is 4.04. The molecule has 0 bridgehead atoms. The van der Waals surface area contributed by atoms with E-state index < -0.39 is 11.7 Å². The fraction of sp³-hybridized carbons (Fsp3) is 0.667. The number of hydrogen-bond donors (Lipinski definition) is 0. The summed E-state index contributed by atoms with van der Waals surface area (Å²) < 4.78 is 10.9. The molecular formula is C24H36N2O4. The maximum atomic E-state index is 13.2. The van der Waals surface area contributed by atoms with Crippen molar-refractivity contribution in [3.05, 3.63) is 35.9 Å². The van der Waals surface area contributed by atoms with E-state index in [-0.39, 0.29) is 22.8 Å². The van der Waals surface area contributed by atoms with E-state index in [0.29, 0.717) is 13.2 Å². The Bertz CT molecular complexity index is 761. The van der Waals surface area contributed by atoms with Gasteiger partial charge in [-0.1, -0.05) is 30.3 Å². The number of amides is 2. The molecule has 2 amide bonds. The summed E-state index contributed by atoms with van der Waals surface area (Å²) in [7, 11) is 5.88. The first-order chi connectivity index (χ1) is 14.0. The molecule has 0 radical (unpaired) electrons. The van der Waals surface area contributed by atoms with Crippen molar-refractivity contribution in [3.63, 3.8) is 0 Å². The van der Waals surface area contributed by atoms with Crippen LogP contribution >= 0.6 is 0 Å². The summed E-state index contributed by atoms with van der Waals surface area (Å²) in [5, 5.41) is 0. The molecule has 166 valence electrons. The SMILES string of the molecule is COCC1C(=O)N(C(=O)OC(C)(C)C)CC12CCC(c1ccccc1)(N(C)C)CC2. The van der Waals surface area contributed by atoms with E-state index in [1.54, 1.807) is 7.11 Å². The van der Waals surface area contributed by atoms with Crippen LogP contribution in [0.5, 0.6) is 0 Å². The minimum Gasteiger partial charge on any atom is -0.443 e. The number of ether oxygens (including phenoxy) is 2. The summed E-state index contributed by atoms with van der Waals surface area (Å²) in [6, 6.07) is 10.6. The molecule has 6 heteroatoms. The molecule has 1 saturated carbocycles. The van der Waals surface area contributed by atoms with E-state index in [0.717, 1.165) is 25.7 Å². The molecule has 1 heterocycles. The first kappa shape index (κ1) is 22.8. The van der Waals surface area contributed by atoms with Crippen molar-refractivity contribution in [2.45, 2.75) is 57.6 Å². The minimum atomic E-state index is -0.635. The van der Waals surface area contributed by atoms with E-state index in [4.69, 9.17) is 9.47 Å². The standard InChI is InChI=1S/C24H36N2O4/c1-22(2,3)30-21(28)26-17-23(19(16-29-6)20(26)27)12-14-24(15-13-23,25(4)5)18-10-8-7-9-11-18/h7-11,19H,12-17H2,1-6H3. The van der Waals surface area contributed by atoms with Gasteiger partial charge in [-0.25, -0.2) is 9.69 Å². The fourth-order valence-corrected chi connectivity index (χ4v) is 5.25. The molecule has 1 aliphatic carbocycles. The first-order valence-electron chi connectivity index (χ1n) is 10.8.